The molecule has 3 rings (SSSR count). The van der Waals surface area contributed by atoms with Gasteiger partial charge in [0.15, 0.2) is 5.43 Å². The number of ether oxygens (including phenoxy) is 1. The zero-order chi connectivity index (χ0) is 19.2. The monoisotopic (exact) mass is 364 g/mol. The summed E-state index contributed by atoms with van der Waals surface area (Å²) in [4.78, 5) is 18.9. The molecule has 3 aromatic rings. The number of hydrogen-bond acceptors (Lipinski definition) is 3. The van der Waals surface area contributed by atoms with Crippen molar-refractivity contribution in [2.24, 2.45) is 0 Å². The lowest BCUT2D eigenvalue weighted by Crippen LogP contribution is -2.28. The number of H-pyrrole nitrogens is 1. The minimum Gasteiger partial charge on any atom is -0.457 e. The van der Waals surface area contributed by atoms with Gasteiger partial charge in [-0.05, 0) is 56.8 Å². The minimum atomic E-state index is 0.0923. The molecule has 1 heterocycles. The lowest BCUT2D eigenvalue weighted by atomic mass is 10.1. The zero-order valence-corrected chi connectivity index (χ0v) is 16.4. The van der Waals surface area contributed by atoms with E-state index in [4.69, 9.17) is 4.74 Å². The predicted molar refractivity (Wildman–Crippen MR) is 112 cm³/mol. The van der Waals surface area contributed by atoms with Crippen molar-refractivity contribution in [2.45, 2.75) is 40.2 Å². The molecule has 1 N–H and O–H groups in total. The van der Waals surface area contributed by atoms with Gasteiger partial charge in [0, 0.05) is 28.7 Å². The molecule has 0 amide bonds. The second kappa shape index (κ2) is 8.87. The van der Waals surface area contributed by atoms with Gasteiger partial charge in [0.05, 0.1) is 0 Å². The Morgan fingerprint density at radius 2 is 1.81 bits per heavy atom. The molecule has 0 radical (unpaired) electrons. The van der Waals surface area contributed by atoms with Crippen molar-refractivity contribution in [3.05, 3.63) is 70.0 Å². The van der Waals surface area contributed by atoms with E-state index in [0.717, 1.165) is 48.5 Å². The van der Waals surface area contributed by atoms with Crippen LogP contribution in [0.15, 0.2) is 53.3 Å². The smallest absolute Gasteiger partial charge is 0.194 e. The molecule has 4 heteroatoms. The molecule has 0 atom stereocenters. The molecule has 142 valence electrons. The van der Waals surface area contributed by atoms with Gasteiger partial charge in [0.1, 0.15) is 11.5 Å². The van der Waals surface area contributed by atoms with Gasteiger partial charge < -0.3 is 9.72 Å². The number of hydrogen-bond donors (Lipinski definition) is 1. The average molecular weight is 364 g/mol. The van der Waals surface area contributed by atoms with Crippen molar-refractivity contribution in [2.75, 3.05) is 13.1 Å². The van der Waals surface area contributed by atoms with Crippen LogP contribution in [0.2, 0.25) is 0 Å². The fraction of sp³-hybridized carbons (Fsp3) is 0.348. The molecule has 2 aromatic carbocycles. The summed E-state index contributed by atoms with van der Waals surface area (Å²) in [5.41, 5.74) is 2.73. The highest BCUT2D eigenvalue weighted by Crippen LogP contribution is 2.24. The van der Waals surface area contributed by atoms with Crippen LogP contribution in [-0.2, 0) is 6.54 Å². The zero-order valence-electron chi connectivity index (χ0n) is 16.4. The normalized spacial score (nSPS) is 11.3. The third kappa shape index (κ3) is 4.58. The Balaban J connectivity index is 1.94. The van der Waals surface area contributed by atoms with Gasteiger partial charge in [-0.3, -0.25) is 9.69 Å². The highest BCUT2D eigenvalue weighted by Gasteiger charge is 2.13. The minimum absolute atomic E-state index is 0.0923. The van der Waals surface area contributed by atoms with Gasteiger partial charge in [0.25, 0.3) is 0 Å². The highest BCUT2D eigenvalue weighted by atomic mass is 16.5. The lowest BCUT2D eigenvalue weighted by molar-refractivity contribution is 0.274. The van der Waals surface area contributed by atoms with Crippen LogP contribution in [0.3, 0.4) is 0 Å². The van der Waals surface area contributed by atoms with Crippen LogP contribution in [0.1, 0.15) is 37.9 Å². The number of nitrogens with one attached hydrogen (secondary N) is 1. The summed E-state index contributed by atoms with van der Waals surface area (Å²) in [6.45, 7) is 8.95. The molecule has 27 heavy (non-hydrogen) atoms. The second-order valence-electron chi connectivity index (χ2n) is 6.90. The summed E-state index contributed by atoms with van der Waals surface area (Å²) < 4.78 is 5.90. The van der Waals surface area contributed by atoms with Crippen LogP contribution in [0, 0.1) is 6.92 Å². The molecular formula is C23H28N2O2. The third-order valence-corrected chi connectivity index (χ3v) is 4.92. The first-order valence-corrected chi connectivity index (χ1v) is 9.73. The number of unbranched alkanes of at least 4 members (excludes halogenated alkanes) is 1. The molecule has 0 unspecified atom stereocenters. The molecule has 0 saturated carbocycles. The summed E-state index contributed by atoms with van der Waals surface area (Å²) in [7, 11) is 0. The fourth-order valence-corrected chi connectivity index (χ4v) is 3.26. The van der Waals surface area contributed by atoms with Crippen molar-refractivity contribution in [1.29, 1.82) is 0 Å². The average Bonchev–Trinajstić information content (AvgIpc) is 2.69. The Bertz CT molecular complexity index is 948. The summed E-state index contributed by atoms with van der Waals surface area (Å²) in [6, 6.07) is 15.3. The van der Waals surface area contributed by atoms with Gasteiger partial charge >= 0.3 is 0 Å². The number of rotatable bonds is 8. The van der Waals surface area contributed by atoms with Gasteiger partial charge in [-0.25, -0.2) is 0 Å². The molecular weight excluding hydrogens is 336 g/mol. The highest BCUT2D eigenvalue weighted by molar-refractivity contribution is 5.81. The maximum absolute atomic E-state index is 13.2. The van der Waals surface area contributed by atoms with Gasteiger partial charge in [-0.1, -0.05) is 38.5 Å². The largest absolute Gasteiger partial charge is 0.457 e. The van der Waals surface area contributed by atoms with Crippen molar-refractivity contribution >= 4 is 10.9 Å². The SMILES string of the molecule is CCCCN(CC)Cc1c(C)[nH]c2ccc(Oc3ccccc3)cc2c1=O. The predicted octanol–water partition coefficient (Wildman–Crippen LogP) is 5.25. The lowest BCUT2D eigenvalue weighted by Gasteiger charge is -2.21. The van der Waals surface area contributed by atoms with Crippen LogP contribution in [-0.4, -0.2) is 23.0 Å². The van der Waals surface area contributed by atoms with E-state index in [2.05, 4.69) is 23.7 Å². The maximum Gasteiger partial charge on any atom is 0.194 e. The summed E-state index contributed by atoms with van der Waals surface area (Å²) in [5.74, 6) is 1.43. The molecule has 0 spiro atoms. The summed E-state index contributed by atoms with van der Waals surface area (Å²) in [6.07, 6.45) is 2.30. The van der Waals surface area contributed by atoms with Crippen LogP contribution in [0.25, 0.3) is 10.9 Å². The van der Waals surface area contributed by atoms with E-state index >= 15 is 0 Å². The van der Waals surface area contributed by atoms with Crippen LogP contribution < -0.4 is 10.2 Å². The van der Waals surface area contributed by atoms with E-state index in [1.807, 2.05) is 55.5 Å². The van der Waals surface area contributed by atoms with Gasteiger partial charge in [-0.2, -0.15) is 0 Å². The standard InChI is InChI=1S/C23H28N2O2/c1-4-6-14-25(5-2)16-21-17(3)24-22-13-12-19(15-20(22)23(21)26)27-18-10-8-7-9-11-18/h7-13,15H,4-6,14,16H2,1-3H3,(H,24,26). The quantitative estimate of drug-likeness (QED) is 0.594. The second-order valence-corrected chi connectivity index (χ2v) is 6.90. The van der Waals surface area contributed by atoms with Crippen molar-refractivity contribution in [3.63, 3.8) is 0 Å². The molecule has 0 aliphatic carbocycles. The number of pyridine rings is 1. The van der Waals surface area contributed by atoms with Crippen LogP contribution in [0.5, 0.6) is 11.5 Å². The van der Waals surface area contributed by atoms with Crippen LogP contribution in [0.4, 0.5) is 0 Å². The molecule has 0 saturated heterocycles. The maximum atomic E-state index is 13.2. The van der Waals surface area contributed by atoms with Crippen LogP contribution >= 0.6 is 0 Å². The number of fused-ring (bicyclic) bond motifs is 1. The molecule has 1 aromatic heterocycles. The molecule has 0 bridgehead atoms. The number of benzene rings is 2. The van der Waals surface area contributed by atoms with E-state index in [1.54, 1.807) is 0 Å². The molecule has 0 aliphatic rings. The number of para-hydroxylation sites is 1. The van der Waals surface area contributed by atoms with E-state index in [1.165, 1.54) is 0 Å². The van der Waals surface area contributed by atoms with E-state index in [9.17, 15) is 4.79 Å². The van der Waals surface area contributed by atoms with Crippen molar-refractivity contribution in [3.8, 4) is 11.5 Å². The molecule has 0 aliphatic heterocycles. The number of aromatic nitrogens is 1. The van der Waals surface area contributed by atoms with Crippen molar-refractivity contribution < 1.29 is 4.74 Å². The van der Waals surface area contributed by atoms with Gasteiger partial charge in [0.2, 0.25) is 0 Å². The van der Waals surface area contributed by atoms with Gasteiger partial charge in [-0.15, -0.1) is 0 Å². The first-order chi connectivity index (χ1) is 13.1. The molecule has 4 nitrogen and oxygen atoms in total. The summed E-state index contributed by atoms with van der Waals surface area (Å²) in [5, 5.41) is 0.676. The third-order valence-electron chi connectivity index (χ3n) is 4.92. The summed E-state index contributed by atoms with van der Waals surface area (Å²) >= 11 is 0. The van der Waals surface area contributed by atoms with E-state index in [0.29, 0.717) is 17.7 Å². The first kappa shape index (κ1) is 19.2. The van der Waals surface area contributed by atoms with E-state index in [-0.39, 0.29) is 5.43 Å². The van der Waals surface area contributed by atoms with E-state index < -0.39 is 0 Å². The first-order valence-electron chi connectivity index (χ1n) is 9.73. The Morgan fingerprint density at radius 3 is 2.52 bits per heavy atom. The Labute approximate surface area is 160 Å². The Hall–Kier alpha value is -2.59. The number of nitrogens with zero attached hydrogens (tertiary/aromatic N) is 1. The Kier molecular flexibility index (Phi) is 6.30. The topological polar surface area (TPSA) is 45.3 Å². The Morgan fingerprint density at radius 1 is 1.04 bits per heavy atom. The van der Waals surface area contributed by atoms with Crippen molar-refractivity contribution in [1.82, 2.24) is 9.88 Å². The molecule has 0 fully saturated rings. The number of aryl methyl sites for hydroxylation is 1. The fourth-order valence-electron chi connectivity index (χ4n) is 3.26. The number of aromatic amines is 1.